The summed E-state index contributed by atoms with van der Waals surface area (Å²) in [6.07, 6.45) is 1.80. The highest BCUT2D eigenvalue weighted by molar-refractivity contribution is 6.05. The molecule has 0 fully saturated rings. The molecule has 0 saturated carbocycles. The van der Waals surface area contributed by atoms with Crippen LogP contribution >= 0.6 is 0 Å². The Morgan fingerprint density at radius 2 is 1.72 bits per heavy atom. The first-order chi connectivity index (χ1) is 8.74. The molecule has 0 amide bonds. The molecule has 0 spiro atoms. The average molecular weight is 243 g/mol. The number of halogens is 2. The van der Waals surface area contributed by atoms with E-state index in [1.165, 1.54) is 11.6 Å². The Hall–Kier alpha value is -2.03. The van der Waals surface area contributed by atoms with Gasteiger partial charge in [0.1, 0.15) is 0 Å². The normalized spacial score (nSPS) is 16.0. The zero-order valence-electron chi connectivity index (χ0n) is 9.66. The van der Waals surface area contributed by atoms with Gasteiger partial charge in [-0.1, -0.05) is 24.3 Å². The van der Waals surface area contributed by atoms with Gasteiger partial charge in [0, 0.05) is 11.8 Å². The van der Waals surface area contributed by atoms with Gasteiger partial charge in [0.2, 0.25) is 0 Å². The number of benzene rings is 2. The molecule has 1 nitrogen and oxygen atoms in total. The maximum atomic E-state index is 13.1. The second kappa shape index (κ2) is 4.33. The molecule has 0 aromatic heterocycles. The molecule has 0 N–H and O–H groups in total. The lowest BCUT2D eigenvalue weighted by molar-refractivity contribution is 0.509. The second-order valence-electron chi connectivity index (χ2n) is 4.31. The fourth-order valence-corrected chi connectivity index (χ4v) is 2.23. The summed E-state index contributed by atoms with van der Waals surface area (Å²) >= 11 is 0. The zero-order valence-corrected chi connectivity index (χ0v) is 9.66. The van der Waals surface area contributed by atoms with Crippen molar-refractivity contribution in [3.63, 3.8) is 0 Å². The van der Waals surface area contributed by atoms with Gasteiger partial charge in [0.15, 0.2) is 11.6 Å². The van der Waals surface area contributed by atoms with Crippen LogP contribution in [-0.4, -0.2) is 5.71 Å². The van der Waals surface area contributed by atoms with E-state index in [0.717, 1.165) is 36.2 Å². The van der Waals surface area contributed by atoms with Crippen LogP contribution in [0.5, 0.6) is 0 Å². The largest absolute Gasteiger partial charge is 0.253 e. The predicted molar refractivity (Wildman–Crippen MR) is 67.3 cm³/mol. The Morgan fingerprint density at radius 1 is 0.889 bits per heavy atom. The molecule has 18 heavy (non-hydrogen) atoms. The Morgan fingerprint density at radius 3 is 2.56 bits per heavy atom. The van der Waals surface area contributed by atoms with Crippen LogP contribution in [0.3, 0.4) is 0 Å². The Kier molecular flexibility index (Phi) is 2.67. The van der Waals surface area contributed by atoms with E-state index in [-0.39, 0.29) is 0 Å². The van der Waals surface area contributed by atoms with E-state index in [1.807, 2.05) is 18.2 Å². The molecule has 0 atom stereocenters. The summed E-state index contributed by atoms with van der Waals surface area (Å²) in [5.41, 5.74) is 3.78. The topological polar surface area (TPSA) is 12.4 Å². The summed E-state index contributed by atoms with van der Waals surface area (Å²) in [7, 11) is 0. The van der Waals surface area contributed by atoms with E-state index in [9.17, 15) is 8.78 Å². The second-order valence-corrected chi connectivity index (χ2v) is 4.31. The van der Waals surface area contributed by atoms with Crippen LogP contribution < -0.4 is 0 Å². The van der Waals surface area contributed by atoms with Gasteiger partial charge in [0.25, 0.3) is 0 Å². The van der Waals surface area contributed by atoms with Gasteiger partial charge in [-0.15, -0.1) is 0 Å². The summed E-state index contributed by atoms with van der Waals surface area (Å²) in [5, 5.41) is 0. The zero-order chi connectivity index (χ0) is 12.5. The lowest BCUT2D eigenvalue weighted by Crippen LogP contribution is -1.93. The molecule has 1 aliphatic carbocycles. The number of rotatable bonds is 1. The monoisotopic (exact) mass is 243 g/mol. The van der Waals surface area contributed by atoms with Crippen LogP contribution in [-0.2, 0) is 6.42 Å². The van der Waals surface area contributed by atoms with Crippen molar-refractivity contribution in [2.45, 2.75) is 12.8 Å². The van der Waals surface area contributed by atoms with Gasteiger partial charge in [0.05, 0.1) is 5.69 Å². The van der Waals surface area contributed by atoms with Crippen LogP contribution in [0.15, 0.2) is 47.5 Å². The van der Waals surface area contributed by atoms with Crippen molar-refractivity contribution in [2.24, 2.45) is 4.99 Å². The summed E-state index contributed by atoms with van der Waals surface area (Å²) in [4.78, 5) is 4.41. The molecule has 0 radical (unpaired) electrons. The van der Waals surface area contributed by atoms with Crippen LogP contribution in [0.2, 0.25) is 0 Å². The summed E-state index contributed by atoms with van der Waals surface area (Å²) in [6.45, 7) is 0. The molecule has 3 rings (SSSR count). The lowest BCUT2D eigenvalue weighted by Gasteiger charge is -2.01. The average Bonchev–Trinajstić information content (AvgIpc) is 2.78. The molecule has 0 unspecified atom stereocenters. The standard InChI is InChI=1S/C15H11F2N/c16-13-7-6-11(9-14(13)17)18-15-8-5-10-3-1-2-4-12(10)15/h1-4,6-7,9H,5,8H2. The van der Waals surface area contributed by atoms with E-state index in [1.54, 1.807) is 0 Å². The van der Waals surface area contributed by atoms with Gasteiger partial charge in [-0.05, 0) is 36.1 Å². The van der Waals surface area contributed by atoms with Crippen molar-refractivity contribution in [3.8, 4) is 0 Å². The van der Waals surface area contributed by atoms with Gasteiger partial charge in [-0.25, -0.2) is 8.78 Å². The first kappa shape index (κ1) is 11.1. The highest BCUT2D eigenvalue weighted by Gasteiger charge is 2.16. The van der Waals surface area contributed by atoms with Crippen LogP contribution in [0.4, 0.5) is 14.5 Å². The highest BCUT2D eigenvalue weighted by atomic mass is 19.2. The van der Waals surface area contributed by atoms with Gasteiger partial charge >= 0.3 is 0 Å². The number of aryl methyl sites for hydroxylation is 1. The van der Waals surface area contributed by atoms with Gasteiger partial charge in [-0.2, -0.15) is 0 Å². The SMILES string of the molecule is Fc1ccc(N=C2CCc3ccccc32)cc1F. The number of nitrogens with zero attached hydrogens (tertiary/aromatic N) is 1. The highest BCUT2D eigenvalue weighted by Crippen LogP contribution is 2.25. The van der Waals surface area contributed by atoms with E-state index >= 15 is 0 Å². The van der Waals surface area contributed by atoms with Gasteiger partial charge < -0.3 is 0 Å². The minimum absolute atomic E-state index is 0.459. The minimum atomic E-state index is -0.858. The molecule has 0 heterocycles. The third-order valence-corrected chi connectivity index (χ3v) is 3.13. The van der Waals surface area contributed by atoms with Crippen molar-refractivity contribution < 1.29 is 8.78 Å². The van der Waals surface area contributed by atoms with Gasteiger partial charge in [-0.3, -0.25) is 4.99 Å². The first-order valence-corrected chi connectivity index (χ1v) is 5.85. The number of hydrogen-bond donors (Lipinski definition) is 0. The lowest BCUT2D eigenvalue weighted by atomic mass is 10.1. The molecule has 0 saturated heterocycles. The minimum Gasteiger partial charge on any atom is -0.253 e. The molecular formula is C15H11F2N. The van der Waals surface area contributed by atoms with E-state index in [0.29, 0.717) is 5.69 Å². The molecule has 0 aliphatic heterocycles. The van der Waals surface area contributed by atoms with Crippen molar-refractivity contribution in [2.75, 3.05) is 0 Å². The van der Waals surface area contributed by atoms with E-state index in [4.69, 9.17) is 0 Å². The predicted octanol–water partition coefficient (Wildman–Crippen LogP) is 4.03. The van der Waals surface area contributed by atoms with Crippen LogP contribution in [0.25, 0.3) is 0 Å². The number of aliphatic imine (C=N–C) groups is 1. The maximum absolute atomic E-state index is 13.1. The molecule has 3 heteroatoms. The quantitative estimate of drug-likeness (QED) is 0.717. The van der Waals surface area contributed by atoms with Crippen LogP contribution in [0, 0.1) is 11.6 Å². The third kappa shape index (κ3) is 1.92. The molecule has 0 bridgehead atoms. The van der Waals surface area contributed by atoms with Crippen molar-refractivity contribution in [1.82, 2.24) is 0 Å². The Labute approximate surface area is 104 Å². The van der Waals surface area contributed by atoms with Crippen molar-refractivity contribution in [3.05, 3.63) is 65.2 Å². The number of fused-ring (bicyclic) bond motifs is 1. The fraction of sp³-hybridized carbons (Fsp3) is 0.133. The van der Waals surface area contributed by atoms with Crippen molar-refractivity contribution >= 4 is 11.4 Å². The number of hydrogen-bond acceptors (Lipinski definition) is 1. The molecule has 2 aromatic rings. The van der Waals surface area contributed by atoms with E-state index < -0.39 is 11.6 Å². The van der Waals surface area contributed by atoms with Crippen molar-refractivity contribution in [1.29, 1.82) is 0 Å². The Bertz CT molecular complexity index is 632. The smallest absolute Gasteiger partial charge is 0.160 e. The Balaban J connectivity index is 2.01. The molecule has 2 aromatic carbocycles. The fourth-order valence-electron chi connectivity index (χ4n) is 2.23. The third-order valence-electron chi connectivity index (χ3n) is 3.13. The summed E-state index contributed by atoms with van der Waals surface area (Å²) in [5.74, 6) is -1.70. The first-order valence-electron chi connectivity index (χ1n) is 5.85. The van der Waals surface area contributed by atoms with E-state index in [2.05, 4.69) is 11.1 Å². The van der Waals surface area contributed by atoms with Crippen LogP contribution in [0.1, 0.15) is 17.5 Å². The molecule has 1 aliphatic rings. The molecular weight excluding hydrogens is 232 g/mol. The molecule has 90 valence electrons. The summed E-state index contributed by atoms with van der Waals surface area (Å²) < 4.78 is 25.9. The maximum Gasteiger partial charge on any atom is 0.160 e. The summed E-state index contributed by atoms with van der Waals surface area (Å²) in [6, 6.07) is 11.8.